The minimum atomic E-state index is -0.193. The van der Waals surface area contributed by atoms with E-state index in [0.717, 1.165) is 25.8 Å². The summed E-state index contributed by atoms with van der Waals surface area (Å²) >= 11 is 0. The third-order valence-electron chi connectivity index (χ3n) is 5.33. The summed E-state index contributed by atoms with van der Waals surface area (Å²) < 4.78 is 7.18. The minimum absolute atomic E-state index is 0.0241. The molecule has 1 fully saturated rings. The van der Waals surface area contributed by atoms with E-state index in [-0.39, 0.29) is 24.3 Å². The van der Waals surface area contributed by atoms with Crippen LogP contribution in [0.3, 0.4) is 0 Å². The maximum atomic E-state index is 12.8. The van der Waals surface area contributed by atoms with Crippen molar-refractivity contribution >= 4 is 11.8 Å². The molecule has 1 aliphatic rings. The number of nitrogens with one attached hydrogen (secondary N) is 1. The Morgan fingerprint density at radius 3 is 2.87 bits per heavy atom. The van der Waals surface area contributed by atoms with Gasteiger partial charge in [-0.05, 0) is 37.5 Å². The molecule has 0 aliphatic carbocycles. The van der Waals surface area contributed by atoms with E-state index in [2.05, 4.69) is 20.6 Å². The molecule has 9 heteroatoms. The molecule has 1 N–H and O–H groups in total. The number of carbonyl (C=O) groups excluding carboxylic acids is 2. The van der Waals surface area contributed by atoms with E-state index in [9.17, 15) is 9.59 Å². The van der Waals surface area contributed by atoms with E-state index in [1.807, 2.05) is 47.3 Å². The van der Waals surface area contributed by atoms with Crippen molar-refractivity contribution in [1.29, 1.82) is 0 Å². The molecule has 2 aromatic heterocycles. The summed E-state index contributed by atoms with van der Waals surface area (Å²) in [6.07, 6.45) is 6.79. The van der Waals surface area contributed by atoms with Gasteiger partial charge in [0.05, 0.1) is 6.04 Å². The molecule has 0 radical (unpaired) electrons. The average molecular weight is 422 g/mol. The van der Waals surface area contributed by atoms with Gasteiger partial charge in [-0.2, -0.15) is 10.1 Å². The van der Waals surface area contributed by atoms with Gasteiger partial charge in [-0.15, -0.1) is 0 Å². The van der Waals surface area contributed by atoms with Gasteiger partial charge in [0, 0.05) is 50.4 Å². The van der Waals surface area contributed by atoms with Gasteiger partial charge in [-0.25, -0.2) is 0 Å². The van der Waals surface area contributed by atoms with Gasteiger partial charge in [0.25, 0.3) is 5.91 Å². The third kappa shape index (κ3) is 5.36. The highest BCUT2D eigenvalue weighted by Gasteiger charge is 2.33. The zero-order valence-corrected chi connectivity index (χ0v) is 17.3. The Kier molecular flexibility index (Phi) is 6.71. The highest BCUT2D eigenvalue weighted by atomic mass is 16.5. The number of hydrogen-bond donors (Lipinski definition) is 1. The van der Waals surface area contributed by atoms with Crippen LogP contribution in [0.25, 0.3) is 0 Å². The second-order valence-corrected chi connectivity index (χ2v) is 7.54. The summed E-state index contributed by atoms with van der Waals surface area (Å²) in [5, 5.41) is 11.1. The normalized spacial score (nSPS) is 15.9. The summed E-state index contributed by atoms with van der Waals surface area (Å²) in [6.45, 7) is 2.02. The Morgan fingerprint density at radius 2 is 2.06 bits per heavy atom. The van der Waals surface area contributed by atoms with Crippen LogP contribution >= 0.6 is 0 Å². The van der Waals surface area contributed by atoms with Gasteiger partial charge < -0.3 is 14.7 Å². The highest BCUT2D eigenvalue weighted by molar-refractivity contribution is 5.94. The van der Waals surface area contributed by atoms with Crippen LogP contribution in [-0.4, -0.2) is 49.7 Å². The first-order valence-electron chi connectivity index (χ1n) is 10.6. The number of aryl methyl sites for hydroxylation is 2. The lowest BCUT2D eigenvalue weighted by molar-refractivity contribution is -0.121. The number of nitrogens with zero attached hydrogens (tertiary/aromatic N) is 5. The lowest BCUT2D eigenvalue weighted by Crippen LogP contribution is -2.31. The molecule has 162 valence electrons. The van der Waals surface area contributed by atoms with Crippen molar-refractivity contribution in [1.82, 2.24) is 30.1 Å². The molecule has 0 saturated carbocycles. The maximum Gasteiger partial charge on any atom is 0.254 e. The molecule has 4 rings (SSSR count). The summed E-state index contributed by atoms with van der Waals surface area (Å²) in [6, 6.07) is 10.9. The second-order valence-electron chi connectivity index (χ2n) is 7.54. The molecule has 0 spiro atoms. The Balaban J connectivity index is 1.25. The number of hydrogen-bond acceptors (Lipinski definition) is 6. The average Bonchev–Trinajstić information content (AvgIpc) is 3.56. The predicted molar refractivity (Wildman–Crippen MR) is 112 cm³/mol. The van der Waals surface area contributed by atoms with Crippen molar-refractivity contribution < 1.29 is 14.1 Å². The molecule has 1 unspecified atom stereocenters. The van der Waals surface area contributed by atoms with E-state index in [4.69, 9.17) is 4.52 Å². The predicted octanol–water partition coefficient (Wildman–Crippen LogP) is 2.38. The van der Waals surface area contributed by atoms with Crippen molar-refractivity contribution in [3.8, 4) is 0 Å². The van der Waals surface area contributed by atoms with Crippen LogP contribution < -0.4 is 5.32 Å². The van der Waals surface area contributed by atoms with Gasteiger partial charge >= 0.3 is 0 Å². The Hall–Kier alpha value is -3.49. The van der Waals surface area contributed by atoms with Crippen LogP contribution in [0.5, 0.6) is 0 Å². The van der Waals surface area contributed by atoms with Crippen molar-refractivity contribution in [2.24, 2.45) is 0 Å². The first kappa shape index (κ1) is 20.8. The van der Waals surface area contributed by atoms with E-state index in [0.29, 0.717) is 36.8 Å². The monoisotopic (exact) mass is 422 g/mol. The molecular formula is C22H26N6O3. The summed E-state index contributed by atoms with van der Waals surface area (Å²) in [4.78, 5) is 31.2. The van der Waals surface area contributed by atoms with Gasteiger partial charge in [0.2, 0.25) is 11.8 Å². The lowest BCUT2D eigenvalue weighted by atomic mass is 10.1. The smallest absolute Gasteiger partial charge is 0.254 e. The van der Waals surface area contributed by atoms with Crippen LogP contribution in [-0.2, 0) is 17.8 Å². The van der Waals surface area contributed by atoms with E-state index in [1.54, 1.807) is 11.1 Å². The largest absolute Gasteiger partial charge is 0.356 e. The van der Waals surface area contributed by atoms with Gasteiger partial charge in [-0.3, -0.25) is 14.3 Å². The summed E-state index contributed by atoms with van der Waals surface area (Å²) in [7, 11) is 0. The molecule has 1 aliphatic heterocycles. The van der Waals surface area contributed by atoms with Crippen molar-refractivity contribution in [2.45, 2.75) is 44.7 Å². The lowest BCUT2D eigenvalue weighted by Gasteiger charge is -2.22. The Labute approximate surface area is 180 Å². The van der Waals surface area contributed by atoms with E-state index < -0.39 is 0 Å². The topological polar surface area (TPSA) is 106 Å². The molecule has 31 heavy (non-hydrogen) atoms. The molecule has 0 bridgehead atoms. The van der Waals surface area contributed by atoms with Crippen LogP contribution in [0.15, 0.2) is 53.3 Å². The quantitative estimate of drug-likeness (QED) is 0.531. The molecule has 3 aromatic rings. The first-order chi connectivity index (χ1) is 15.2. The molecule has 1 aromatic carbocycles. The highest BCUT2D eigenvalue weighted by Crippen LogP contribution is 2.31. The van der Waals surface area contributed by atoms with Gasteiger partial charge in [-0.1, -0.05) is 23.4 Å². The number of rotatable bonds is 9. The number of carbonyl (C=O) groups is 2. The first-order valence-corrected chi connectivity index (χ1v) is 10.6. The Morgan fingerprint density at radius 1 is 1.19 bits per heavy atom. The zero-order chi connectivity index (χ0) is 21.5. The summed E-state index contributed by atoms with van der Waals surface area (Å²) in [5.41, 5.74) is 0.655. The van der Waals surface area contributed by atoms with E-state index in [1.165, 1.54) is 0 Å². The van der Waals surface area contributed by atoms with Crippen molar-refractivity contribution in [3.63, 3.8) is 0 Å². The maximum absolute atomic E-state index is 12.8. The number of amides is 2. The summed E-state index contributed by atoms with van der Waals surface area (Å²) in [5.74, 6) is 0.850. The number of aromatic nitrogens is 4. The van der Waals surface area contributed by atoms with Crippen molar-refractivity contribution in [3.05, 3.63) is 66.1 Å². The fraction of sp³-hybridized carbons (Fsp3) is 0.409. The molecular weight excluding hydrogens is 396 g/mol. The molecule has 9 nitrogen and oxygen atoms in total. The minimum Gasteiger partial charge on any atom is -0.356 e. The fourth-order valence-electron chi connectivity index (χ4n) is 3.74. The van der Waals surface area contributed by atoms with Crippen LogP contribution in [0.4, 0.5) is 0 Å². The van der Waals surface area contributed by atoms with E-state index >= 15 is 0 Å². The molecule has 3 heterocycles. The van der Waals surface area contributed by atoms with Crippen LogP contribution in [0, 0.1) is 0 Å². The second kappa shape index (κ2) is 10.0. The van der Waals surface area contributed by atoms with Crippen LogP contribution in [0.1, 0.15) is 53.8 Å². The standard InChI is InChI=1S/C22H26N6O3/c29-19(23-12-5-14-27-15-6-13-24-27)10-11-20-25-21(26-31-20)18-9-4-16-28(18)22(30)17-7-2-1-3-8-17/h1-3,6-8,13,15,18H,4-5,9-12,14,16H2,(H,23,29). The number of likely N-dealkylation sites (tertiary alicyclic amines) is 1. The molecule has 1 saturated heterocycles. The molecule has 2 amide bonds. The van der Waals surface area contributed by atoms with Gasteiger partial charge in [0.15, 0.2) is 5.82 Å². The van der Waals surface area contributed by atoms with Crippen molar-refractivity contribution in [2.75, 3.05) is 13.1 Å². The molecule has 1 atom stereocenters. The Bertz CT molecular complexity index is 986. The van der Waals surface area contributed by atoms with Crippen LogP contribution in [0.2, 0.25) is 0 Å². The number of benzene rings is 1. The third-order valence-corrected chi connectivity index (χ3v) is 5.33. The SMILES string of the molecule is O=C(CCc1nc(C2CCCN2C(=O)c2ccccc2)no1)NCCCn1cccn1. The van der Waals surface area contributed by atoms with Gasteiger partial charge in [0.1, 0.15) is 0 Å². The zero-order valence-electron chi connectivity index (χ0n) is 17.3. The fourth-order valence-corrected chi connectivity index (χ4v) is 3.74.